The van der Waals surface area contributed by atoms with Gasteiger partial charge in [0.25, 0.3) is 0 Å². The summed E-state index contributed by atoms with van der Waals surface area (Å²) < 4.78 is 68.5. The summed E-state index contributed by atoms with van der Waals surface area (Å²) in [5.41, 5.74) is 0. The predicted octanol–water partition coefficient (Wildman–Crippen LogP) is 22.2. The van der Waals surface area contributed by atoms with E-state index in [1.807, 2.05) is 0 Å². The molecule has 0 fully saturated rings. The molecule has 0 aliphatic rings. The van der Waals surface area contributed by atoms with E-state index in [1.54, 1.807) is 0 Å². The fourth-order valence-electron chi connectivity index (χ4n) is 11.5. The summed E-state index contributed by atoms with van der Waals surface area (Å²) in [5.74, 6) is 0.174. The average molecular weight is 1400 g/mol. The molecule has 17 nitrogen and oxygen atoms in total. The molecule has 0 spiro atoms. The van der Waals surface area contributed by atoms with Crippen LogP contribution in [0.15, 0.2) is 0 Å². The van der Waals surface area contributed by atoms with Crippen LogP contribution in [0.25, 0.3) is 0 Å². The number of phosphoric ester groups is 2. The van der Waals surface area contributed by atoms with Crippen molar-refractivity contribution in [3.05, 3.63) is 0 Å². The third-order valence-corrected chi connectivity index (χ3v) is 20.3. The zero-order chi connectivity index (χ0) is 70.1. The van der Waals surface area contributed by atoms with Crippen LogP contribution in [0.5, 0.6) is 0 Å². The minimum atomic E-state index is -4.96. The van der Waals surface area contributed by atoms with Gasteiger partial charge in [0.15, 0.2) is 12.2 Å². The van der Waals surface area contributed by atoms with E-state index in [9.17, 15) is 43.2 Å². The van der Waals surface area contributed by atoms with Crippen molar-refractivity contribution in [1.82, 2.24) is 0 Å². The molecule has 0 bridgehead atoms. The first-order valence-corrected chi connectivity index (χ1v) is 42.4. The second kappa shape index (κ2) is 66.6. The van der Waals surface area contributed by atoms with Gasteiger partial charge in [0.05, 0.1) is 26.4 Å². The first-order chi connectivity index (χ1) is 45.8. The lowest BCUT2D eigenvalue weighted by Crippen LogP contribution is -2.30. The van der Waals surface area contributed by atoms with Gasteiger partial charge >= 0.3 is 39.5 Å². The van der Waals surface area contributed by atoms with E-state index in [4.69, 9.17) is 37.0 Å². The zero-order valence-corrected chi connectivity index (χ0v) is 63.9. The molecule has 0 amide bonds. The molecular formula is C76H148O17P2. The van der Waals surface area contributed by atoms with E-state index in [1.165, 1.54) is 193 Å². The van der Waals surface area contributed by atoms with Crippen LogP contribution < -0.4 is 0 Å². The first-order valence-electron chi connectivity index (χ1n) is 39.4. The normalized spacial score (nSPS) is 14.6. The van der Waals surface area contributed by atoms with Crippen LogP contribution in [0.4, 0.5) is 0 Å². The van der Waals surface area contributed by atoms with Crippen molar-refractivity contribution in [3.63, 3.8) is 0 Å². The number of unbranched alkanes of at least 4 members (excludes halogenated alkanes) is 40. The highest BCUT2D eigenvalue weighted by atomic mass is 31.2. The number of carbonyl (C=O) groups excluding carboxylic acids is 4. The molecule has 0 saturated heterocycles. The highest BCUT2D eigenvalue weighted by molar-refractivity contribution is 7.47. The molecule has 0 aromatic heterocycles. The van der Waals surface area contributed by atoms with E-state index < -0.39 is 97.5 Å². The molecule has 0 aliphatic heterocycles. The van der Waals surface area contributed by atoms with Crippen LogP contribution in [-0.2, 0) is 65.4 Å². The molecule has 0 rings (SSSR count). The molecule has 19 heteroatoms. The van der Waals surface area contributed by atoms with Crippen molar-refractivity contribution in [2.75, 3.05) is 39.6 Å². The maximum absolute atomic E-state index is 13.1. The monoisotopic (exact) mass is 1400 g/mol. The van der Waals surface area contributed by atoms with Gasteiger partial charge in [0, 0.05) is 25.7 Å². The van der Waals surface area contributed by atoms with Gasteiger partial charge in [-0.05, 0) is 43.4 Å². The molecule has 0 aliphatic carbocycles. The SMILES string of the molecule is CCCCCCCCCCCCCCCCCCC(=O)OC[C@H](COP(=O)(O)OC[C@@H](O)COP(=O)(O)OC[C@@H](COC(=O)CCCCCCCCC(C)C)OC(=O)CCCCCCCCCCC(C)CC)OC(=O)CCCCCCCCCCCCCCCCC(C)CC. The van der Waals surface area contributed by atoms with Crippen LogP contribution >= 0.6 is 15.6 Å². The fourth-order valence-corrected chi connectivity index (χ4v) is 13.1. The summed E-state index contributed by atoms with van der Waals surface area (Å²) in [6, 6.07) is 0. The molecule has 7 atom stereocenters. The fraction of sp³-hybridized carbons (Fsp3) is 0.947. The molecular weight excluding hydrogens is 1250 g/mol. The smallest absolute Gasteiger partial charge is 0.462 e. The minimum Gasteiger partial charge on any atom is -0.462 e. The van der Waals surface area contributed by atoms with Crippen LogP contribution in [0, 0.1) is 17.8 Å². The van der Waals surface area contributed by atoms with Gasteiger partial charge < -0.3 is 33.8 Å². The van der Waals surface area contributed by atoms with Crippen LogP contribution in [-0.4, -0.2) is 96.7 Å². The molecule has 564 valence electrons. The standard InChI is InChI=1S/C76H148O17P2/c1-8-11-12-13-14-15-16-17-18-19-23-26-29-35-43-50-57-73(78)86-63-71(92-75(80)59-52-45-36-30-27-24-21-20-22-25-28-33-41-48-55-68(6)9-2)65-90-94(82,83)88-61-70(77)62-89-95(84,85)91-66-72(64-87-74(79)58-51-44-39-38-40-47-54-67(4)5)93-76(81)60-53-46-37-32-31-34-42-49-56-69(7)10-3/h67-72,77H,8-66H2,1-7H3,(H,82,83)(H,84,85)/t68?,69?,70-,71-,72-/m1/s1. The molecule has 0 radical (unpaired) electrons. The summed E-state index contributed by atoms with van der Waals surface area (Å²) in [5, 5.41) is 10.6. The van der Waals surface area contributed by atoms with Crippen LogP contribution in [0.3, 0.4) is 0 Å². The number of carbonyl (C=O) groups is 4. The van der Waals surface area contributed by atoms with E-state index in [0.717, 1.165) is 108 Å². The van der Waals surface area contributed by atoms with Gasteiger partial charge in [-0.3, -0.25) is 37.3 Å². The van der Waals surface area contributed by atoms with Crippen molar-refractivity contribution in [1.29, 1.82) is 0 Å². The molecule has 0 aromatic rings. The van der Waals surface area contributed by atoms with Gasteiger partial charge in [0.2, 0.25) is 0 Å². The summed E-state index contributed by atoms with van der Waals surface area (Å²) in [6.45, 7) is 11.9. The topological polar surface area (TPSA) is 237 Å². The Labute approximate surface area is 581 Å². The third kappa shape index (κ3) is 67.6. The molecule has 0 saturated carbocycles. The number of hydrogen-bond donors (Lipinski definition) is 3. The lowest BCUT2D eigenvalue weighted by Gasteiger charge is -2.21. The lowest BCUT2D eigenvalue weighted by molar-refractivity contribution is -0.161. The largest absolute Gasteiger partial charge is 0.472 e. The number of rotatable bonds is 74. The molecule has 4 unspecified atom stereocenters. The summed E-state index contributed by atoms with van der Waals surface area (Å²) in [7, 11) is -9.91. The number of ether oxygens (including phenoxy) is 4. The quantitative estimate of drug-likeness (QED) is 0.0222. The minimum absolute atomic E-state index is 0.104. The van der Waals surface area contributed by atoms with Crippen molar-refractivity contribution in [3.8, 4) is 0 Å². The Morgan fingerprint density at radius 1 is 0.305 bits per heavy atom. The highest BCUT2D eigenvalue weighted by Gasteiger charge is 2.30. The van der Waals surface area contributed by atoms with Crippen molar-refractivity contribution < 1.29 is 80.2 Å². The number of phosphoric acid groups is 2. The Bertz CT molecular complexity index is 1860. The van der Waals surface area contributed by atoms with Crippen LogP contribution in [0.1, 0.15) is 389 Å². The van der Waals surface area contributed by atoms with Crippen molar-refractivity contribution >= 4 is 39.5 Å². The Balaban J connectivity index is 5.24. The highest BCUT2D eigenvalue weighted by Crippen LogP contribution is 2.45. The van der Waals surface area contributed by atoms with E-state index in [2.05, 4.69) is 48.5 Å². The maximum Gasteiger partial charge on any atom is 0.472 e. The second-order valence-corrected chi connectivity index (χ2v) is 31.3. The van der Waals surface area contributed by atoms with Crippen molar-refractivity contribution in [2.24, 2.45) is 17.8 Å². The molecule has 95 heavy (non-hydrogen) atoms. The Hall–Kier alpha value is -1.94. The summed E-state index contributed by atoms with van der Waals surface area (Å²) in [4.78, 5) is 72.8. The Morgan fingerprint density at radius 2 is 0.537 bits per heavy atom. The number of aliphatic hydroxyl groups is 1. The number of hydrogen-bond acceptors (Lipinski definition) is 15. The van der Waals surface area contributed by atoms with Gasteiger partial charge in [-0.1, -0.05) is 337 Å². The third-order valence-electron chi connectivity index (χ3n) is 18.4. The maximum atomic E-state index is 13.1. The Kier molecular flexibility index (Phi) is 65.2. The second-order valence-electron chi connectivity index (χ2n) is 28.4. The molecule has 0 heterocycles. The average Bonchev–Trinajstić information content (AvgIpc) is 1.98. The van der Waals surface area contributed by atoms with Gasteiger partial charge in [-0.2, -0.15) is 0 Å². The number of esters is 4. The van der Waals surface area contributed by atoms with E-state index in [0.29, 0.717) is 31.6 Å². The van der Waals surface area contributed by atoms with Crippen molar-refractivity contribution in [2.45, 2.75) is 407 Å². The molecule has 3 N–H and O–H groups in total. The van der Waals surface area contributed by atoms with Gasteiger partial charge in [-0.15, -0.1) is 0 Å². The first kappa shape index (κ1) is 93.1. The predicted molar refractivity (Wildman–Crippen MR) is 386 cm³/mol. The summed E-state index contributed by atoms with van der Waals surface area (Å²) >= 11 is 0. The Morgan fingerprint density at radius 3 is 0.800 bits per heavy atom. The molecule has 0 aromatic carbocycles. The van der Waals surface area contributed by atoms with Gasteiger partial charge in [0.1, 0.15) is 19.3 Å². The van der Waals surface area contributed by atoms with Crippen LogP contribution in [0.2, 0.25) is 0 Å². The van der Waals surface area contributed by atoms with E-state index in [-0.39, 0.29) is 25.7 Å². The lowest BCUT2D eigenvalue weighted by atomic mass is 9.99. The number of aliphatic hydroxyl groups excluding tert-OH is 1. The van der Waals surface area contributed by atoms with E-state index >= 15 is 0 Å². The zero-order valence-electron chi connectivity index (χ0n) is 62.1. The summed E-state index contributed by atoms with van der Waals surface area (Å²) in [6.07, 6.45) is 52.8. The van der Waals surface area contributed by atoms with Gasteiger partial charge in [-0.25, -0.2) is 9.13 Å².